The third-order valence-electron chi connectivity index (χ3n) is 3.06. The van der Waals surface area contributed by atoms with Gasteiger partial charge >= 0.3 is 0 Å². The molecule has 1 saturated carbocycles. The van der Waals surface area contributed by atoms with Gasteiger partial charge in [-0.2, -0.15) is 0 Å². The molecule has 0 amide bonds. The van der Waals surface area contributed by atoms with Gasteiger partial charge in [-0.25, -0.2) is 0 Å². The maximum Gasteiger partial charge on any atom is 0.118 e. The maximum atomic E-state index is 9.73. The van der Waals surface area contributed by atoms with Crippen LogP contribution in [0.1, 0.15) is 36.8 Å². The zero-order chi connectivity index (χ0) is 10.8. The van der Waals surface area contributed by atoms with Crippen molar-refractivity contribution in [2.45, 2.75) is 38.2 Å². The van der Waals surface area contributed by atoms with Gasteiger partial charge in [0.1, 0.15) is 5.75 Å². The van der Waals surface area contributed by atoms with Crippen molar-refractivity contribution in [1.29, 1.82) is 0 Å². The Kier molecular flexibility index (Phi) is 2.96. The van der Waals surface area contributed by atoms with Crippen molar-refractivity contribution in [1.82, 2.24) is 0 Å². The number of phenolic OH excluding ortho intramolecular Hbond substituents is 1. The van der Waals surface area contributed by atoms with Crippen molar-refractivity contribution in [3.63, 3.8) is 0 Å². The average molecular weight is 206 g/mol. The highest BCUT2D eigenvalue weighted by atomic mass is 16.5. The van der Waals surface area contributed by atoms with Crippen molar-refractivity contribution in [2.24, 2.45) is 0 Å². The fourth-order valence-corrected chi connectivity index (χ4v) is 1.83. The normalized spacial score (nSPS) is 17.7. The van der Waals surface area contributed by atoms with Gasteiger partial charge in [0.25, 0.3) is 0 Å². The Balaban J connectivity index is 2.16. The van der Waals surface area contributed by atoms with Crippen molar-refractivity contribution in [3.8, 4) is 5.75 Å². The van der Waals surface area contributed by atoms with Crippen LogP contribution < -0.4 is 0 Å². The fourth-order valence-electron chi connectivity index (χ4n) is 1.83. The predicted octanol–water partition coefficient (Wildman–Crippen LogP) is 2.85. The second-order valence-corrected chi connectivity index (χ2v) is 4.41. The summed E-state index contributed by atoms with van der Waals surface area (Å²) in [7, 11) is 1.70. The minimum Gasteiger partial charge on any atom is -0.508 e. The highest BCUT2D eigenvalue weighted by molar-refractivity contribution is 5.39. The molecule has 1 aliphatic carbocycles. The topological polar surface area (TPSA) is 29.5 Å². The van der Waals surface area contributed by atoms with E-state index < -0.39 is 0 Å². The molecular weight excluding hydrogens is 188 g/mol. The zero-order valence-electron chi connectivity index (χ0n) is 9.36. The van der Waals surface area contributed by atoms with Crippen LogP contribution >= 0.6 is 0 Å². The van der Waals surface area contributed by atoms with Crippen LogP contribution in [-0.2, 0) is 11.2 Å². The Morgan fingerprint density at radius 2 is 2.20 bits per heavy atom. The van der Waals surface area contributed by atoms with E-state index in [9.17, 15) is 5.11 Å². The first kappa shape index (κ1) is 10.5. The molecule has 2 heteroatoms. The van der Waals surface area contributed by atoms with Gasteiger partial charge in [0.15, 0.2) is 0 Å². The van der Waals surface area contributed by atoms with E-state index in [2.05, 4.69) is 6.07 Å². The molecule has 1 unspecified atom stereocenters. The van der Waals surface area contributed by atoms with Crippen LogP contribution in [0.25, 0.3) is 0 Å². The van der Waals surface area contributed by atoms with Gasteiger partial charge in [-0.05, 0) is 42.9 Å². The van der Waals surface area contributed by atoms with Gasteiger partial charge in [-0.1, -0.05) is 12.1 Å². The monoisotopic (exact) mass is 206 g/mol. The number of benzene rings is 1. The molecule has 1 aromatic rings. The number of hydrogen-bond donors (Lipinski definition) is 1. The zero-order valence-corrected chi connectivity index (χ0v) is 9.36. The van der Waals surface area contributed by atoms with Crippen LogP contribution in [0.3, 0.4) is 0 Å². The molecule has 1 aromatic carbocycles. The third-order valence-corrected chi connectivity index (χ3v) is 3.06. The summed E-state index contributed by atoms with van der Waals surface area (Å²) in [4.78, 5) is 0. The van der Waals surface area contributed by atoms with Crippen LogP contribution in [0.15, 0.2) is 18.2 Å². The molecule has 82 valence electrons. The lowest BCUT2D eigenvalue weighted by atomic mass is 10.0. The number of ether oxygens (including phenoxy) is 1. The van der Waals surface area contributed by atoms with Crippen molar-refractivity contribution < 1.29 is 9.84 Å². The van der Waals surface area contributed by atoms with E-state index in [1.807, 2.05) is 19.1 Å². The van der Waals surface area contributed by atoms with Gasteiger partial charge in [0.05, 0.1) is 6.10 Å². The third kappa shape index (κ3) is 2.51. The van der Waals surface area contributed by atoms with Gasteiger partial charge in [-0.3, -0.25) is 0 Å². The molecule has 1 fully saturated rings. The maximum absolute atomic E-state index is 9.73. The lowest BCUT2D eigenvalue weighted by Crippen LogP contribution is -2.08. The van der Waals surface area contributed by atoms with E-state index in [1.165, 1.54) is 18.4 Å². The van der Waals surface area contributed by atoms with Crippen molar-refractivity contribution in [3.05, 3.63) is 29.3 Å². The second-order valence-electron chi connectivity index (χ2n) is 4.41. The first-order valence-corrected chi connectivity index (χ1v) is 5.55. The standard InChI is InChI=1S/C13H18O2/c1-9(15-2)7-12-8-11(10-3-4-10)5-6-13(12)14/h5-6,8-10,14H,3-4,7H2,1-2H3. The molecule has 0 saturated heterocycles. The van der Waals surface area contributed by atoms with Crippen LogP contribution in [0.4, 0.5) is 0 Å². The summed E-state index contributed by atoms with van der Waals surface area (Å²) in [5.41, 5.74) is 2.37. The molecule has 1 atom stereocenters. The molecule has 1 N–H and O–H groups in total. The van der Waals surface area contributed by atoms with Crippen molar-refractivity contribution >= 4 is 0 Å². The van der Waals surface area contributed by atoms with E-state index >= 15 is 0 Å². The molecular formula is C13H18O2. The Morgan fingerprint density at radius 1 is 1.47 bits per heavy atom. The Bertz CT molecular complexity index is 342. The molecule has 0 bridgehead atoms. The summed E-state index contributed by atoms with van der Waals surface area (Å²) < 4.78 is 5.21. The number of methoxy groups -OCH3 is 1. The minimum absolute atomic E-state index is 0.158. The first-order chi connectivity index (χ1) is 7.20. The van der Waals surface area contributed by atoms with E-state index in [0.717, 1.165) is 17.9 Å². The molecule has 0 heterocycles. The Labute approximate surface area is 90.9 Å². The number of hydrogen-bond acceptors (Lipinski definition) is 2. The lowest BCUT2D eigenvalue weighted by Gasteiger charge is -2.12. The molecule has 2 nitrogen and oxygen atoms in total. The van der Waals surface area contributed by atoms with Crippen molar-refractivity contribution in [2.75, 3.05) is 7.11 Å². The van der Waals surface area contributed by atoms with Crippen LogP contribution in [0, 0.1) is 0 Å². The van der Waals surface area contributed by atoms with Gasteiger partial charge in [0, 0.05) is 13.5 Å². The highest BCUT2D eigenvalue weighted by Crippen LogP contribution is 2.41. The summed E-state index contributed by atoms with van der Waals surface area (Å²) in [5.74, 6) is 1.13. The summed E-state index contributed by atoms with van der Waals surface area (Å²) in [6.07, 6.45) is 3.53. The van der Waals surface area contributed by atoms with Gasteiger partial charge in [-0.15, -0.1) is 0 Å². The van der Waals surface area contributed by atoms with E-state index in [1.54, 1.807) is 7.11 Å². The summed E-state index contributed by atoms with van der Waals surface area (Å²) in [6.45, 7) is 2.02. The molecule has 0 radical (unpaired) electrons. The van der Waals surface area contributed by atoms with E-state index in [-0.39, 0.29) is 6.10 Å². The summed E-state index contributed by atoms with van der Waals surface area (Å²) >= 11 is 0. The molecule has 0 aliphatic heterocycles. The number of aromatic hydroxyl groups is 1. The summed E-state index contributed by atoms with van der Waals surface area (Å²) in [6, 6.07) is 5.97. The van der Waals surface area contributed by atoms with Gasteiger partial charge in [0.2, 0.25) is 0 Å². The molecule has 1 aliphatic rings. The average Bonchev–Trinajstić information content (AvgIpc) is 3.04. The number of phenols is 1. The molecule has 0 spiro atoms. The minimum atomic E-state index is 0.158. The number of rotatable bonds is 4. The fraction of sp³-hybridized carbons (Fsp3) is 0.538. The highest BCUT2D eigenvalue weighted by Gasteiger charge is 2.24. The molecule has 0 aromatic heterocycles. The largest absolute Gasteiger partial charge is 0.508 e. The smallest absolute Gasteiger partial charge is 0.118 e. The lowest BCUT2D eigenvalue weighted by molar-refractivity contribution is 0.118. The summed E-state index contributed by atoms with van der Waals surface area (Å²) in [5, 5.41) is 9.73. The molecule has 15 heavy (non-hydrogen) atoms. The van der Waals surface area contributed by atoms with Gasteiger partial charge < -0.3 is 9.84 Å². The van der Waals surface area contributed by atoms with Crippen LogP contribution in [0.5, 0.6) is 5.75 Å². The first-order valence-electron chi connectivity index (χ1n) is 5.55. The Morgan fingerprint density at radius 3 is 2.80 bits per heavy atom. The SMILES string of the molecule is COC(C)Cc1cc(C2CC2)ccc1O. The quantitative estimate of drug-likeness (QED) is 0.820. The van der Waals surface area contributed by atoms with E-state index in [0.29, 0.717) is 5.75 Å². The van der Waals surface area contributed by atoms with Crippen LogP contribution in [-0.4, -0.2) is 18.3 Å². The predicted molar refractivity (Wildman–Crippen MR) is 60.3 cm³/mol. The Hall–Kier alpha value is -1.02. The van der Waals surface area contributed by atoms with E-state index in [4.69, 9.17) is 4.74 Å². The molecule has 2 rings (SSSR count). The van der Waals surface area contributed by atoms with Crippen LogP contribution in [0.2, 0.25) is 0 Å². The second kappa shape index (κ2) is 4.23.